The molecule has 0 aliphatic rings. The van der Waals surface area contributed by atoms with Crippen LogP contribution in [0.4, 0.5) is 8.78 Å². The number of H-pyrrole nitrogens is 1. The minimum atomic E-state index is -0.803. The lowest BCUT2D eigenvalue weighted by Gasteiger charge is -2.18. The average Bonchev–Trinajstić information content (AvgIpc) is 2.80. The first-order valence-corrected chi connectivity index (χ1v) is 10.4. The molecule has 0 bridgehead atoms. The van der Waals surface area contributed by atoms with E-state index in [4.69, 9.17) is 9.47 Å². The van der Waals surface area contributed by atoms with Crippen molar-refractivity contribution in [1.82, 2.24) is 10.3 Å². The number of benzene rings is 2. The molecule has 0 saturated carbocycles. The maximum Gasteiger partial charge on any atom is 0.337 e. The number of nitrogens with one attached hydrogen (secondary N) is 2. The number of carbonyl (C=O) groups excluding carboxylic acids is 2. The van der Waals surface area contributed by atoms with Gasteiger partial charge >= 0.3 is 5.97 Å². The van der Waals surface area contributed by atoms with E-state index in [1.165, 1.54) is 38.4 Å². The number of aromatic amines is 1. The van der Waals surface area contributed by atoms with E-state index in [1.54, 1.807) is 6.92 Å². The van der Waals surface area contributed by atoms with Gasteiger partial charge in [-0.2, -0.15) is 0 Å². The summed E-state index contributed by atoms with van der Waals surface area (Å²) in [6.45, 7) is 1.30. The summed E-state index contributed by atoms with van der Waals surface area (Å²) in [7, 11) is 2.65. The lowest BCUT2D eigenvalue weighted by molar-refractivity contribution is 0.0600. The molecule has 172 valence electrons. The molecule has 0 unspecified atom stereocenters. The number of pyridine rings is 1. The van der Waals surface area contributed by atoms with Crippen LogP contribution in [0.1, 0.15) is 32.0 Å². The average molecular weight is 521 g/mol. The van der Waals surface area contributed by atoms with E-state index in [0.717, 1.165) is 12.1 Å². The molecular formula is C23H19BrF2N2O5. The Labute approximate surface area is 195 Å². The fraction of sp³-hybridized carbons (Fsp3) is 0.174. The third-order valence-corrected chi connectivity index (χ3v) is 5.59. The SMILES string of the molecule is CNC(=O)c1cc(C(=O)OC)ccc1-c1c(C)[nH]c(=O)c(Br)c1OCc1ccc(F)cc1F. The molecule has 1 heterocycles. The van der Waals surface area contributed by atoms with Crippen LogP contribution in [0.5, 0.6) is 5.75 Å². The van der Waals surface area contributed by atoms with Crippen LogP contribution in [0, 0.1) is 18.6 Å². The van der Waals surface area contributed by atoms with Crippen molar-refractivity contribution in [2.45, 2.75) is 13.5 Å². The van der Waals surface area contributed by atoms with Gasteiger partial charge in [-0.25, -0.2) is 13.6 Å². The minimum Gasteiger partial charge on any atom is -0.487 e. The van der Waals surface area contributed by atoms with Gasteiger partial charge in [0.05, 0.1) is 12.7 Å². The van der Waals surface area contributed by atoms with Gasteiger partial charge in [0.2, 0.25) is 0 Å². The fourth-order valence-electron chi connectivity index (χ4n) is 3.25. The van der Waals surface area contributed by atoms with Gasteiger partial charge in [0.15, 0.2) is 0 Å². The second kappa shape index (κ2) is 9.95. The van der Waals surface area contributed by atoms with Crippen LogP contribution >= 0.6 is 15.9 Å². The summed E-state index contributed by atoms with van der Waals surface area (Å²) in [5.41, 5.74) is 0.911. The standard InChI is InChI=1S/C23H19BrF2N2O5/c1-11-18(15-7-5-12(23(31)32-3)8-16(15)21(29)27-2)20(19(24)22(30)28-11)33-10-13-4-6-14(25)9-17(13)26/h4-9H,10H2,1-3H3,(H,27,29)(H,28,30). The largest absolute Gasteiger partial charge is 0.487 e. The number of hydrogen-bond donors (Lipinski definition) is 2. The number of aryl methyl sites for hydroxylation is 1. The molecule has 1 amide bonds. The Kier molecular flexibility index (Phi) is 7.27. The van der Waals surface area contributed by atoms with Crippen LogP contribution in [-0.4, -0.2) is 31.0 Å². The lowest BCUT2D eigenvalue weighted by Crippen LogP contribution is -2.20. The van der Waals surface area contributed by atoms with E-state index in [1.807, 2.05) is 0 Å². The van der Waals surface area contributed by atoms with Crippen LogP contribution in [0.2, 0.25) is 0 Å². The molecule has 0 atom stereocenters. The van der Waals surface area contributed by atoms with Crippen LogP contribution in [-0.2, 0) is 11.3 Å². The highest BCUT2D eigenvalue weighted by Gasteiger charge is 2.23. The summed E-state index contributed by atoms with van der Waals surface area (Å²) in [4.78, 5) is 39.6. The maximum absolute atomic E-state index is 14.1. The van der Waals surface area contributed by atoms with Crippen molar-refractivity contribution in [3.8, 4) is 16.9 Å². The van der Waals surface area contributed by atoms with Gasteiger partial charge in [-0.15, -0.1) is 0 Å². The number of methoxy groups -OCH3 is 1. The zero-order valence-electron chi connectivity index (χ0n) is 17.8. The van der Waals surface area contributed by atoms with Gasteiger partial charge < -0.3 is 19.8 Å². The van der Waals surface area contributed by atoms with E-state index >= 15 is 0 Å². The molecule has 0 aliphatic heterocycles. The summed E-state index contributed by atoms with van der Waals surface area (Å²) in [6, 6.07) is 7.41. The van der Waals surface area contributed by atoms with E-state index < -0.39 is 29.1 Å². The van der Waals surface area contributed by atoms with Crippen LogP contribution in [0.25, 0.3) is 11.1 Å². The van der Waals surface area contributed by atoms with Gasteiger partial charge in [0.25, 0.3) is 11.5 Å². The van der Waals surface area contributed by atoms with Gasteiger partial charge in [-0.05, 0) is 52.7 Å². The summed E-state index contributed by atoms with van der Waals surface area (Å²) >= 11 is 3.20. The monoisotopic (exact) mass is 520 g/mol. The smallest absolute Gasteiger partial charge is 0.337 e. The molecule has 7 nitrogen and oxygen atoms in total. The van der Waals surface area contributed by atoms with Crippen molar-refractivity contribution in [1.29, 1.82) is 0 Å². The van der Waals surface area contributed by atoms with Crippen molar-refractivity contribution in [3.63, 3.8) is 0 Å². The highest BCUT2D eigenvalue weighted by molar-refractivity contribution is 9.10. The predicted octanol–water partition coefficient (Wildman–Crippen LogP) is 4.12. The second-order valence-corrected chi connectivity index (χ2v) is 7.75. The molecule has 0 aliphatic carbocycles. The van der Waals surface area contributed by atoms with Crippen molar-refractivity contribution in [2.75, 3.05) is 14.2 Å². The molecule has 0 saturated heterocycles. The van der Waals surface area contributed by atoms with Crippen LogP contribution < -0.4 is 15.6 Å². The van der Waals surface area contributed by atoms with Crippen molar-refractivity contribution < 1.29 is 27.8 Å². The minimum absolute atomic E-state index is 0.0190. The molecule has 0 radical (unpaired) electrons. The third kappa shape index (κ3) is 4.95. The Balaban J connectivity index is 2.19. The first kappa shape index (κ1) is 24.1. The predicted molar refractivity (Wildman–Crippen MR) is 120 cm³/mol. The first-order chi connectivity index (χ1) is 15.7. The second-order valence-electron chi connectivity index (χ2n) is 6.95. The van der Waals surface area contributed by atoms with E-state index in [9.17, 15) is 23.2 Å². The molecular weight excluding hydrogens is 502 g/mol. The van der Waals surface area contributed by atoms with Gasteiger partial charge in [0.1, 0.15) is 28.5 Å². The Hall–Kier alpha value is -3.53. The zero-order chi connectivity index (χ0) is 24.3. The normalized spacial score (nSPS) is 10.6. The maximum atomic E-state index is 14.1. The molecule has 2 N–H and O–H groups in total. The number of esters is 1. The van der Waals surface area contributed by atoms with Crippen LogP contribution in [0.3, 0.4) is 0 Å². The number of rotatable bonds is 6. The molecule has 2 aromatic carbocycles. The Morgan fingerprint density at radius 3 is 2.52 bits per heavy atom. The van der Waals surface area contributed by atoms with Crippen molar-refractivity contribution in [2.24, 2.45) is 0 Å². The molecule has 0 fully saturated rings. The number of amides is 1. The topological polar surface area (TPSA) is 97.5 Å². The van der Waals surface area contributed by atoms with E-state index in [-0.39, 0.29) is 33.5 Å². The van der Waals surface area contributed by atoms with Crippen LogP contribution in [0.15, 0.2) is 45.7 Å². The first-order valence-electron chi connectivity index (χ1n) is 9.61. The fourth-order valence-corrected chi connectivity index (χ4v) is 3.66. The number of halogens is 3. The van der Waals surface area contributed by atoms with E-state index in [2.05, 4.69) is 26.2 Å². The Morgan fingerprint density at radius 1 is 1.15 bits per heavy atom. The van der Waals surface area contributed by atoms with Crippen molar-refractivity contribution in [3.05, 3.63) is 85.2 Å². The zero-order valence-corrected chi connectivity index (χ0v) is 19.4. The number of hydrogen-bond acceptors (Lipinski definition) is 5. The quantitative estimate of drug-likeness (QED) is 0.476. The summed E-state index contributed by atoms with van der Waals surface area (Å²) < 4.78 is 37.9. The molecule has 10 heteroatoms. The third-order valence-electron chi connectivity index (χ3n) is 4.87. The summed E-state index contributed by atoms with van der Waals surface area (Å²) in [5.74, 6) is -2.60. The highest BCUT2D eigenvalue weighted by Crippen LogP contribution is 2.39. The number of carbonyl (C=O) groups is 2. The summed E-state index contributed by atoms with van der Waals surface area (Å²) in [5, 5.41) is 2.51. The molecule has 1 aromatic heterocycles. The molecule has 0 spiro atoms. The number of aromatic nitrogens is 1. The van der Waals surface area contributed by atoms with Crippen molar-refractivity contribution >= 4 is 27.8 Å². The molecule has 3 rings (SSSR count). The number of ether oxygens (including phenoxy) is 2. The lowest BCUT2D eigenvalue weighted by atomic mass is 9.95. The molecule has 33 heavy (non-hydrogen) atoms. The Bertz CT molecular complexity index is 1310. The Morgan fingerprint density at radius 2 is 1.88 bits per heavy atom. The highest BCUT2D eigenvalue weighted by atomic mass is 79.9. The van der Waals surface area contributed by atoms with Gasteiger partial charge in [-0.3, -0.25) is 9.59 Å². The van der Waals surface area contributed by atoms with Gasteiger partial charge in [-0.1, -0.05) is 6.07 Å². The molecule has 3 aromatic rings. The van der Waals surface area contributed by atoms with Gasteiger partial charge in [0, 0.05) is 35.5 Å². The van der Waals surface area contributed by atoms with E-state index in [0.29, 0.717) is 16.8 Å². The summed E-state index contributed by atoms with van der Waals surface area (Å²) in [6.07, 6.45) is 0.